The molecule has 1 fully saturated rings. The van der Waals surface area contributed by atoms with Crippen molar-refractivity contribution in [1.82, 2.24) is 29.2 Å². The Morgan fingerprint density at radius 3 is 2.67 bits per heavy atom. The monoisotopic (exact) mass is 468 g/mol. The highest BCUT2D eigenvalue weighted by Gasteiger charge is 2.21. The van der Waals surface area contributed by atoms with Crippen molar-refractivity contribution < 1.29 is 12.8 Å². The van der Waals surface area contributed by atoms with Crippen LogP contribution < -0.4 is 0 Å². The fourth-order valence-electron chi connectivity index (χ4n) is 4.29. The van der Waals surface area contributed by atoms with Gasteiger partial charge >= 0.3 is 0 Å². The van der Waals surface area contributed by atoms with Gasteiger partial charge in [-0.3, -0.25) is 9.25 Å². The molecule has 0 unspecified atom stereocenters. The van der Waals surface area contributed by atoms with Crippen molar-refractivity contribution in [2.45, 2.75) is 12.8 Å². The minimum Gasteiger partial charge on any atom is -0.301 e. The lowest BCUT2D eigenvalue weighted by Gasteiger charge is -2.26. The molecular weight excluding hydrogens is 443 g/mol. The van der Waals surface area contributed by atoms with Gasteiger partial charge in [0, 0.05) is 55.7 Å². The number of aromatic nitrogens is 5. The van der Waals surface area contributed by atoms with Gasteiger partial charge in [0.2, 0.25) is 5.95 Å². The maximum atomic E-state index is 13.7. The van der Waals surface area contributed by atoms with Crippen molar-refractivity contribution in [2.75, 3.05) is 31.1 Å². The summed E-state index contributed by atoms with van der Waals surface area (Å²) in [5.74, 6) is -0.0474. The van der Waals surface area contributed by atoms with Crippen LogP contribution in [0.1, 0.15) is 12.0 Å². The van der Waals surface area contributed by atoms with Crippen LogP contribution in [0.2, 0.25) is 0 Å². The van der Waals surface area contributed by atoms with E-state index in [2.05, 4.69) is 21.2 Å². The molecule has 33 heavy (non-hydrogen) atoms. The van der Waals surface area contributed by atoms with Crippen molar-refractivity contribution in [3.8, 4) is 16.9 Å². The molecule has 8 nitrogen and oxygen atoms in total. The van der Waals surface area contributed by atoms with Crippen molar-refractivity contribution in [3.05, 3.63) is 60.6 Å². The van der Waals surface area contributed by atoms with Crippen LogP contribution >= 0.6 is 0 Å². The van der Waals surface area contributed by atoms with E-state index in [1.54, 1.807) is 16.9 Å². The van der Waals surface area contributed by atoms with Crippen LogP contribution in [0.4, 0.5) is 4.39 Å². The van der Waals surface area contributed by atoms with E-state index in [4.69, 9.17) is 4.98 Å². The second-order valence-electron chi connectivity index (χ2n) is 8.43. The molecule has 5 rings (SSSR count). The number of halogens is 1. The molecule has 0 spiro atoms. The number of fused-ring (bicyclic) bond motifs is 1. The molecule has 0 aromatic carbocycles. The zero-order valence-corrected chi connectivity index (χ0v) is 19.2. The third kappa shape index (κ3) is 4.67. The first-order valence-electron chi connectivity index (χ1n) is 10.9. The first kappa shape index (κ1) is 21.7. The molecule has 5 heterocycles. The van der Waals surface area contributed by atoms with Gasteiger partial charge in [0.25, 0.3) is 0 Å². The summed E-state index contributed by atoms with van der Waals surface area (Å²) in [5.41, 5.74) is 4.20. The molecule has 0 radical (unpaired) electrons. The molecule has 4 aromatic rings. The van der Waals surface area contributed by atoms with E-state index in [0.29, 0.717) is 24.3 Å². The molecular formula is C23H25FN6O2S. The summed E-state index contributed by atoms with van der Waals surface area (Å²) in [4.78, 5) is 10.7. The Morgan fingerprint density at radius 1 is 1.12 bits per heavy atom. The maximum Gasteiger partial charge on any atom is 0.213 e. The Balaban J connectivity index is 1.43. The summed E-state index contributed by atoms with van der Waals surface area (Å²) in [5, 5.41) is 5.33. The highest BCUT2D eigenvalue weighted by Crippen LogP contribution is 2.28. The molecule has 0 bridgehead atoms. The summed E-state index contributed by atoms with van der Waals surface area (Å²) < 4.78 is 40.7. The molecule has 0 saturated carbocycles. The Kier molecular flexibility index (Phi) is 5.71. The second kappa shape index (κ2) is 8.68. The maximum absolute atomic E-state index is 13.7. The predicted molar refractivity (Wildman–Crippen MR) is 124 cm³/mol. The normalized spacial score (nSPS) is 16.4. The lowest BCUT2D eigenvalue weighted by molar-refractivity contribution is 0.292. The molecule has 0 atom stereocenters. The van der Waals surface area contributed by atoms with Gasteiger partial charge in [0.1, 0.15) is 5.65 Å². The van der Waals surface area contributed by atoms with E-state index in [9.17, 15) is 12.8 Å². The van der Waals surface area contributed by atoms with Gasteiger partial charge in [-0.1, -0.05) is 0 Å². The summed E-state index contributed by atoms with van der Waals surface area (Å²) in [7, 11) is -0.997. The summed E-state index contributed by atoms with van der Waals surface area (Å²) in [6.07, 6.45) is 9.01. The summed E-state index contributed by atoms with van der Waals surface area (Å²) in [6, 6.07) is 7.06. The number of nitrogens with zero attached hydrogens (tertiary/aromatic N) is 6. The van der Waals surface area contributed by atoms with Gasteiger partial charge in [0.05, 0.1) is 29.1 Å². The summed E-state index contributed by atoms with van der Waals surface area (Å²) in [6.45, 7) is 2.07. The first-order chi connectivity index (χ1) is 15.9. The van der Waals surface area contributed by atoms with E-state index in [0.717, 1.165) is 36.1 Å². The van der Waals surface area contributed by atoms with Crippen LogP contribution in [0.3, 0.4) is 0 Å². The molecule has 4 aromatic heterocycles. The van der Waals surface area contributed by atoms with Crippen molar-refractivity contribution in [3.63, 3.8) is 0 Å². The van der Waals surface area contributed by atoms with E-state index in [1.165, 1.54) is 17.8 Å². The van der Waals surface area contributed by atoms with Crippen molar-refractivity contribution in [1.29, 1.82) is 0 Å². The molecule has 0 N–H and O–H groups in total. The minimum absolute atomic E-state index is 0.246. The number of hydrogen-bond donors (Lipinski definition) is 0. The first-order valence-corrected chi connectivity index (χ1v) is 12.7. The molecule has 0 amide bonds. The minimum atomic E-state index is -2.87. The van der Waals surface area contributed by atoms with E-state index >= 15 is 0 Å². The fourth-order valence-corrected chi connectivity index (χ4v) is 5.56. The highest BCUT2D eigenvalue weighted by atomic mass is 32.2. The zero-order chi connectivity index (χ0) is 23.0. The number of rotatable bonds is 6. The van der Waals surface area contributed by atoms with Crippen molar-refractivity contribution >= 4 is 20.9 Å². The average Bonchev–Trinajstić information content (AvgIpc) is 3.38. The Morgan fingerprint density at radius 2 is 1.94 bits per heavy atom. The predicted octanol–water partition coefficient (Wildman–Crippen LogP) is 2.62. The number of sulfone groups is 1. The van der Waals surface area contributed by atoms with Crippen LogP contribution in [0.15, 0.2) is 49.1 Å². The van der Waals surface area contributed by atoms with E-state index in [-0.39, 0.29) is 11.5 Å². The molecule has 1 saturated heterocycles. The average molecular weight is 469 g/mol. The largest absolute Gasteiger partial charge is 0.301 e. The van der Waals surface area contributed by atoms with Crippen LogP contribution in [-0.4, -0.2) is 68.8 Å². The van der Waals surface area contributed by atoms with Gasteiger partial charge in [-0.15, -0.1) is 0 Å². The van der Waals surface area contributed by atoms with Crippen molar-refractivity contribution in [2.24, 2.45) is 7.05 Å². The van der Waals surface area contributed by atoms with E-state index in [1.807, 2.05) is 29.9 Å². The Bertz CT molecular complexity index is 1400. The molecule has 1 aliphatic rings. The summed E-state index contributed by atoms with van der Waals surface area (Å²) >= 11 is 0. The molecule has 0 aliphatic carbocycles. The number of pyridine rings is 2. The number of hydrogen-bond acceptors (Lipinski definition) is 6. The lowest BCUT2D eigenvalue weighted by Crippen LogP contribution is -2.40. The van der Waals surface area contributed by atoms with Crippen LogP contribution in [0, 0.1) is 5.95 Å². The number of aryl methyl sites for hydroxylation is 2. The van der Waals surface area contributed by atoms with Gasteiger partial charge in [-0.05, 0) is 43.1 Å². The third-order valence-corrected chi connectivity index (χ3v) is 7.69. The van der Waals surface area contributed by atoms with E-state index < -0.39 is 15.8 Å². The smallest absolute Gasteiger partial charge is 0.213 e. The lowest BCUT2D eigenvalue weighted by atomic mass is 10.1. The fraction of sp³-hybridized carbons (Fsp3) is 0.348. The standard InChI is InChI=1S/C23H25FN6O2S/c1-28-16-19(14-26-28)30-15-18(3-2-8-29-9-11-33(31,32)12-10-29)20-4-5-21(27-23(20)30)17-6-7-25-22(24)13-17/h4-7,13-16H,2-3,8-12H2,1H3. The SMILES string of the molecule is Cn1cc(-n2cc(CCCN3CCS(=O)(=O)CC3)c3ccc(-c4ccnc(F)c4)nc32)cn1. The van der Waals surface area contributed by atoms with Crippen LogP contribution in [0.25, 0.3) is 28.0 Å². The molecule has 1 aliphatic heterocycles. The Labute approximate surface area is 191 Å². The zero-order valence-electron chi connectivity index (χ0n) is 18.4. The van der Waals surface area contributed by atoms with Gasteiger partial charge in [-0.2, -0.15) is 9.49 Å². The van der Waals surface area contributed by atoms with Crippen LogP contribution in [-0.2, 0) is 23.3 Å². The molecule has 172 valence electrons. The van der Waals surface area contributed by atoms with Gasteiger partial charge < -0.3 is 4.90 Å². The van der Waals surface area contributed by atoms with Gasteiger partial charge in [-0.25, -0.2) is 18.4 Å². The second-order valence-corrected chi connectivity index (χ2v) is 10.7. The quantitative estimate of drug-likeness (QED) is 0.405. The molecule has 10 heteroatoms. The van der Waals surface area contributed by atoms with Gasteiger partial charge in [0.15, 0.2) is 9.84 Å². The topological polar surface area (TPSA) is 85.9 Å². The Hall–Kier alpha value is -3.11. The van der Waals surface area contributed by atoms with Crippen LogP contribution in [0.5, 0.6) is 0 Å². The highest BCUT2D eigenvalue weighted by molar-refractivity contribution is 7.91. The third-order valence-electron chi connectivity index (χ3n) is 6.08.